The van der Waals surface area contributed by atoms with E-state index in [0.717, 1.165) is 11.1 Å². The number of nitrogens with two attached hydrogens (primary N) is 1. The highest BCUT2D eigenvalue weighted by molar-refractivity contribution is 6.29. The fourth-order valence-corrected chi connectivity index (χ4v) is 1.95. The molecule has 1 aromatic heterocycles. The highest BCUT2D eigenvalue weighted by atomic mass is 35.5. The van der Waals surface area contributed by atoms with Gasteiger partial charge in [-0.05, 0) is 41.8 Å². The van der Waals surface area contributed by atoms with E-state index >= 15 is 0 Å². The van der Waals surface area contributed by atoms with Crippen molar-refractivity contribution >= 4 is 11.6 Å². The molecule has 0 saturated carbocycles. The van der Waals surface area contributed by atoms with Crippen LogP contribution in [0.5, 0.6) is 0 Å². The Morgan fingerprint density at radius 1 is 1.28 bits per heavy atom. The van der Waals surface area contributed by atoms with Crippen molar-refractivity contribution in [3.63, 3.8) is 0 Å². The first kappa shape index (κ1) is 13.0. The number of nitrogens with one attached hydrogen (secondary N) is 1. The molecular weight excluding hydrogens is 253 g/mol. The summed E-state index contributed by atoms with van der Waals surface area (Å²) < 4.78 is 12.8. The lowest BCUT2D eigenvalue weighted by molar-refractivity contribution is 0.550. The minimum Gasteiger partial charge on any atom is -0.271 e. The zero-order chi connectivity index (χ0) is 13.0. The predicted molar refractivity (Wildman–Crippen MR) is 69.4 cm³/mol. The Kier molecular flexibility index (Phi) is 4.25. The van der Waals surface area contributed by atoms with Gasteiger partial charge in [-0.25, -0.2) is 9.37 Å². The molecule has 1 aromatic carbocycles. The van der Waals surface area contributed by atoms with Crippen molar-refractivity contribution in [1.29, 1.82) is 0 Å². The van der Waals surface area contributed by atoms with Crippen LogP contribution >= 0.6 is 11.6 Å². The van der Waals surface area contributed by atoms with Crippen molar-refractivity contribution in [1.82, 2.24) is 10.4 Å². The number of hydrogen-bond donors (Lipinski definition) is 2. The maximum atomic E-state index is 12.8. The van der Waals surface area contributed by atoms with Crippen molar-refractivity contribution in [3.05, 3.63) is 64.7 Å². The molecular formula is C13H13ClFN3. The van der Waals surface area contributed by atoms with Crippen molar-refractivity contribution in [2.75, 3.05) is 0 Å². The third kappa shape index (κ3) is 3.26. The molecule has 5 heteroatoms. The number of rotatable bonds is 4. The van der Waals surface area contributed by atoms with E-state index in [1.165, 1.54) is 12.1 Å². The Balaban J connectivity index is 2.17. The quantitative estimate of drug-likeness (QED) is 0.508. The van der Waals surface area contributed by atoms with Gasteiger partial charge in [-0.1, -0.05) is 23.7 Å². The summed E-state index contributed by atoms with van der Waals surface area (Å²) in [6, 6.07) is 9.86. The first-order valence-electron chi connectivity index (χ1n) is 5.51. The van der Waals surface area contributed by atoms with Gasteiger partial charge in [0.15, 0.2) is 0 Å². The van der Waals surface area contributed by atoms with Crippen LogP contribution in [0.4, 0.5) is 4.39 Å². The van der Waals surface area contributed by atoms with E-state index < -0.39 is 0 Å². The van der Waals surface area contributed by atoms with Gasteiger partial charge in [-0.15, -0.1) is 0 Å². The molecule has 0 saturated heterocycles. The van der Waals surface area contributed by atoms with Crippen molar-refractivity contribution in [2.24, 2.45) is 5.84 Å². The van der Waals surface area contributed by atoms with Gasteiger partial charge < -0.3 is 0 Å². The molecule has 0 fully saturated rings. The van der Waals surface area contributed by atoms with Gasteiger partial charge in [0.05, 0.1) is 6.04 Å². The minimum atomic E-state index is -0.247. The molecule has 0 bridgehead atoms. The van der Waals surface area contributed by atoms with E-state index in [2.05, 4.69) is 10.4 Å². The van der Waals surface area contributed by atoms with Gasteiger partial charge in [-0.3, -0.25) is 11.3 Å². The second kappa shape index (κ2) is 5.91. The number of hydrazine groups is 1. The summed E-state index contributed by atoms with van der Waals surface area (Å²) in [5.41, 5.74) is 4.67. The summed E-state index contributed by atoms with van der Waals surface area (Å²) in [6.45, 7) is 0. The van der Waals surface area contributed by atoms with Crippen LogP contribution in [0.25, 0.3) is 0 Å². The second-order valence-electron chi connectivity index (χ2n) is 3.96. The third-order valence-electron chi connectivity index (χ3n) is 2.71. The molecule has 1 unspecified atom stereocenters. The maximum absolute atomic E-state index is 12.8. The van der Waals surface area contributed by atoms with Gasteiger partial charge in [0.25, 0.3) is 0 Å². The van der Waals surface area contributed by atoms with Crippen molar-refractivity contribution in [3.8, 4) is 0 Å². The summed E-state index contributed by atoms with van der Waals surface area (Å²) >= 11 is 5.84. The Morgan fingerprint density at radius 3 is 2.61 bits per heavy atom. The maximum Gasteiger partial charge on any atom is 0.129 e. The van der Waals surface area contributed by atoms with Gasteiger partial charge in [0.2, 0.25) is 0 Å². The molecule has 1 atom stereocenters. The average Bonchev–Trinajstić information content (AvgIpc) is 2.38. The highest BCUT2D eigenvalue weighted by Crippen LogP contribution is 2.19. The largest absolute Gasteiger partial charge is 0.271 e. The van der Waals surface area contributed by atoms with E-state index in [1.54, 1.807) is 24.4 Å². The third-order valence-corrected chi connectivity index (χ3v) is 2.91. The monoisotopic (exact) mass is 265 g/mol. The van der Waals surface area contributed by atoms with Crippen LogP contribution < -0.4 is 11.3 Å². The topological polar surface area (TPSA) is 50.9 Å². The molecule has 0 radical (unpaired) electrons. The molecule has 0 amide bonds. The molecule has 0 aliphatic heterocycles. The zero-order valence-electron chi connectivity index (χ0n) is 9.61. The number of halogens is 2. The molecule has 3 N–H and O–H groups in total. The van der Waals surface area contributed by atoms with Crippen LogP contribution in [0.2, 0.25) is 5.15 Å². The lowest BCUT2D eigenvalue weighted by Crippen LogP contribution is -2.29. The molecule has 2 rings (SSSR count). The second-order valence-corrected chi connectivity index (χ2v) is 4.35. The number of pyridine rings is 1. The smallest absolute Gasteiger partial charge is 0.129 e. The summed E-state index contributed by atoms with van der Waals surface area (Å²) in [5, 5.41) is 0.423. The Morgan fingerprint density at radius 2 is 2.00 bits per heavy atom. The normalized spacial score (nSPS) is 12.4. The Bertz CT molecular complexity index is 516. The highest BCUT2D eigenvalue weighted by Gasteiger charge is 2.11. The molecule has 0 aliphatic rings. The summed E-state index contributed by atoms with van der Waals surface area (Å²) in [6.07, 6.45) is 2.28. The fourth-order valence-electron chi connectivity index (χ4n) is 1.76. The van der Waals surface area contributed by atoms with Gasteiger partial charge >= 0.3 is 0 Å². The van der Waals surface area contributed by atoms with Gasteiger partial charge in [0.1, 0.15) is 11.0 Å². The Hall–Kier alpha value is -1.49. The van der Waals surface area contributed by atoms with E-state index in [4.69, 9.17) is 17.4 Å². The lowest BCUT2D eigenvalue weighted by Gasteiger charge is -2.16. The fraction of sp³-hybridized carbons (Fsp3) is 0.154. The standard InChI is InChI=1S/C13H13ClFN3/c14-13-8-10(5-6-17-13)12(18-16)7-9-1-3-11(15)4-2-9/h1-6,8,12,18H,7,16H2. The van der Waals surface area contributed by atoms with Crippen LogP contribution in [0.1, 0.15) is 17.2 Å². The molecule has 18 heavy (non-hydrogen) atoms. The molecule has 1 heterocycles. The molecule has 2 aromatic rings. The molecule has 0 aliphatic carbocycles. The first-order valence-corrected chi connectivity index (χ1v) is 5.89. The van der Waals surface area contributed by atoms with Crippen molar-refractivity contribution < 1.29 is 4.39 Å². The van der Waals surface area contributed by atoms with E-state index in [9.17, 15) is 4.39 Å². The number of hydrogen-bond acceptors (Lipinski definition) is 3. The minimum absolute atomic E-state index is 0.0871. The van der Waals surface area contributed by atoms with Crippen molar-refractivity contribution in [2.45, 2.75) is 12.5 Å². The van der Waals surface area contributed by atoms with E-state index in [-0.39, 0.29) is 11.9 Å². The van der Waals surface area contributed by atoms with Crippen LogP contribution in [-0.2, 0) is 6.42 Å². The summed E-state index contributed by atoms with van der Waals surface area (Å²) in [7, 11) is 0. The average molecular weight is 266 g/mol. The van der Waals surface area contributed by atoms with Gasteiger partial charge in [0, 0.05) is 6.20 Å². The zero-order valence-corrected chi connectivity index (χ0v) is 10.4. The molecule has 3 nitrogen and oxygen atoms in total. The summed E-state index contributed by atoms with van der Waals surface area (Å²) in [5.74, 6) is 5.30. The number of nitrogens with zero attached hydrogens (tertiary/aromatic N) is 1. The van der Waals surface area contributed by atoms with Crippen LogP contribution in [0.3, 0.4) is 0 Å². The van der Waals surface area contributed by atoms with Crippen LogP contribution in [0.15, 0.2) is 42.6 Å². The van der Waals surface area contributed by atoms with Gasteiger partial charge in [-0.2, -0.15) is 0 Å². The number of benzene rings is 1. The predicted octanol–water partition coefficient (Wildman–Crippen LogP) is 2.62. The first-order chi connectivity index (χ1) is 8.69. The Labute approximate surface area is 110 Å². The van der Waals surface area contributed by atoms with E-state index in [0.29, 0.717) is 11.6 Å². The summed E-state index contributed by atoms with van der Waals surface area (Å²) in [4.78, 5) is 3.92. The SMILES string of the molecule is NNC(Cc1ccc(F)cc1)c1ccnc(Cl)c1. The molecule has 0 spiro atoms. The van der Waals surface area contributed by atoms with Crippen LogP contribution in [-0.4, -0.2) is 4.98 Å². The lowest BCUT2D eigenvalue weighted by atomic mass is 10.0. The van der Waals surface area contributed by atoms with Crippen LogP contribution in [0, 0.1) is 5.82 Å². The number of aromatic nitrogens is 1. The molecule has 94 valence electrons. The van der Waals surface area contributed by atoms with E-state index in [1.807, 2.05) is 6.07 Å².